The minimum Gasteiger partial charge on any atom is -0.409 e. The molecule has 5 nitrogen and oxygen atoms in total. The maximum absolute atomic E-state index is 13.3. The Morgan fingerprint density at radius 2 is 2.25 bits per heavy atom. The lowest BCUT2D eigenvalue weighted by atomic mass is 9.99. The summed E-state index contributed by atoms with van der Waals surface area (Å²) in [5, 5.41) is 11.8. The summed E-state index contributed by atoms with van der Waals surface area (Å²) >= 11 is 0. The highest BCUT2D eigenvalue weighted by molar-refractivity contribution is 5.98. The van der Waals surface area contributed by atoms with Crippen molar-refractivity contribution in [3.05, 3.63) is 35.1 Å². The summed E-state index contributed by atoms with van der Waals surface area (Å²) in [6, 6.07) is 3.87. The van der Waals surface area contributed by atoms with Gasteiger partial charge in [0.1, 0.15) is 5.82 Å². The van der Waals surface area contributed by atoms with Gasteiger partial charge in [-0.1, -0.05) is 5.16 Å². The quantitative estimate of drug-likeness (QED) is 0.375. The first kappa shape index (κ1) is 14.3. The van der Waals surface area contributed by atoms with Gasteiger partial charge in [0.15, 0.2) is 5.84 Å². The fraction of sp³-hybridized carbons (Fsp3) is 0.429. The van der Waals surface area contributed by atoms with Crippen LogP contribution in [0, 0.1) is 12.7 Å². The van der Waals surface area contributed by atoms with Gasteiger partial charge in [0.2, 0.25) is 0 Å². The lowest BCUT2D eigenvalue weighted by molar-refractivity contribution is 0.0676. The number of oxime groups is 1. The monoisotopic (exact) mass is 279 g/mol. The van der Waals surface area contributed by atoms with Crippen molar-refractivity contribution in [1.82, 2.24) is 4.90 Å². The third-order valence-electron chi connectivity index (χ3n) is 3.63. The molecule has 20 heavy (non-hydrogen) atoms. The molecule has 0 radical (unpaired) electrons. The van der Waals surface area contributed by atoms with Crippen LogP contribution in [0.5, 0.6) is 0 Å². The molecule has 1 aliphatic rings. The summed E-state index contributed by atoms with van der Waals surface area (Å²) in [6.45, 7) is 2.17. The topological polar surface area (TPSA) is 78.9 Å². The van der Waals surface area contributed by atoms with E-state index in [0.29, 0.717) is 24.1 Å². The third-order valence-corrected chi connectivity index (χ3v) is 3.63. The summed E-state index contributed by atoms with van der Waals surface area (Å²) in [5.41, 5.74) is 6.50. The summed E-state index contributed by atoms with van der Waals surface area (Å²) in [7, 11) is 0. The number of carbonyl (C=O) groups is 1. The molecule has 108 valence electrons. The Balaban J connectivity index is 2.27. The Morgan fingerprint density at radius 1 is 1.50 bits per heavy atom. The zero-order valence-corrected chi connectivity index (χ0v) is 11.3. The van der Waals surface area contributed by atoms with E-state index >= 15 is 0 Å². The Hall–Kier alpha value is -2.11. The molecule has 6 heteroatoms. The van der Waals surface area contributed by atoms with Gasteiger partial charge < -0.3 is 15.8 Å². The largest absolute Gasteiger partial charge is 0.409 e. The summed E-state index contributed by atoms with van der Waals surface area (Å²) in [5.74, 6) is -0.519. The van der Waals surface area contributed by atoms with Gasteiger partial charge in [0.05, 0.1) is 6.04 Å². The predicted octanol–water partition coefficient (Wildman–Crippen LogP) is 1.88. The standard InChI is InChI=1S/C14H18FN3O2/c1-9-8-10(5-6-11(9)15)14(19)18-7-3-2-4-12(18)13(16)17-20/h5-6,8,12,20H,2-4,7H2,1H3,(H2,16,17). The molecule has 0 aromatic heterocycles. The van der Waals surface area contributed by atoms with Crippen LogP contribution in [0.2, 0.25) is 0 Å². The van der Waals surface area contributed by atoms with E-state index in [1.54, 1.807) is 11.8 Å². The number of benzene rings is 1. The number of hydrogen-bond donors (Lipinski definition) is 2. The van der Waals surface area contributed by atoms with E-state index in [2.05, 4.69) is 5.16 Å². The first-order valence-corrected chi connectivity index (χ1v) is 6.59. The van der Waals surface area contributed by atoms with Gasteiger partial charge in [-0.15, -0.1) is 0 Å². The highest BCUT2D eigenvalue weighted by Crippen LogP contribution is 2.21. The van der Waals surface area contributed by atoms with E-state index in [-0.39, 0.29) is 17.6 Å². The number of hydrogen-bond acceptors (Lipinski definition) is 3. The smallest absolute Gasteiger partial charge is 0.254 e. The summed E-state index contributed by atoms with van der Waals surface area (Å²) in [6.07, 6.45) is 2.47. The van der Waals surface area contributed by atoms with E-state index in [0.717, 1.165) is 12.8 Å². The van der Waals surface area contributed by atoms with Crippen LogP contribution in [0.25, 0.3) is 0 Å². The minimum atomic E-state index is -0.397. The predicted molar refractivity (Wildman–Crippen MR) is 73.2 cm³/mol. The number of nitrogens with two attached hydrogens (primary N) is 1. The van der Waals surface area contributed by atoms with Crippen molar-refractivity contribution in [3.63, 3.8) is 0 Å². The van der Waals surface area contributed by atoms with E-state index in [1.807, 2.05) is 0 Å². The van der Waals surface area contributed by atoms with E-state index in [9.17, 15) is 9.18 Å². The van der Waals surface area contributed by atoms with Gasteiger partial charge in [0.25, 0.3) is 5.91 Å². The number of amidine groups is 1. The highest BCUT2D eigenvalue weighted by Gasteiger charge is 2.30. The second-order valence-electron chi connectivity index (χ2n) is 5.00. The number of nitrogens with zero attached hydrogens (tertiary/aromatic N) is 2. The van der Waals surface area contributed by atoms with Crippen molar-refractivity contribution in [2.75, 3.05) is 6.54 Å². The number of rotatable bonds is 2. The average Bonchev–Trinajstić information content (AvgIpc) is 2.48. The number of aryl methyl sites for hydroxylation is 1. The second-order valence-corrected chi connectivity index (χ2v) is 5.00. The number of halogens is 1. The van der Waals surface area contributed by atoms with E-state index < -0.39 is 6.04 Å². The molecule has 1 unspecified atom stereocenters. The molecule has 1 aromatic rings. The average molecular weight is 279 g/mol. The molecule has 1 fully saturated rings. The van der Waals surface area contributed by atoms with Crippen LogP contribution >= 0.6 is 0 Å². The molecule has 1 aliphatic heterocycles. The first-order chi connectivity index (χ1) is 9.54. The van der Waals surface area contributed by atoms with Crippen LogP contribution in [0.1, 0.15) is 35.2 Å². The zero-order chi connectivity index (χ0) is 14.7. The number of likely N-dealkylation sites (tertiary alicyclic amines) is 1. The zero-order valence-electron chi connectivity index (χ0n) is 11.3. The van der Waals surface area contributed by atoms with Gasteiger partial charge >= 0.3 is 0 Å². The van der Waals surface area contributed by atoms with E-state index in [4.69, 9.17) is 10.9 Å². The van der Waals surface area contributed by atoms with Crippen molar-refractivity contribution in [2.45, 2.75) is 32.2 Å². The van der Waals surface area contributed by atoms with Crippen molar-refractivity contribution < 1.29 is 14.4 Å². The third kappa shape index (κ3) is 2.74. The molecule has 0 spiro atoms. The molecule has 1 heterocycles. The summed E-state index contributed by atoms with van der Waals surface area (Å²) < 4.78 is 13.3. The molecular weight excluding hydrogens is 261 g/mol. The van der Waals surface area contributed by atoms with Gasteiger partial charge in [-0.05, 0) is 49.9 Å². The molecule has 0 aliphatic carbocycles. The SMILES string of the molecule is Cc1cc(C(=O)N2CCCCC2C(N)=NO)ccc1F. The lowest BCUT2D eigenvalue weighted by Gasteiger charge is -2.34. The van der Waals surface area contributed by atoms with Gasteiger partial charge in [-0.25, -0.2) is 4.39 Å². The molecule has 1 amide bonds. The Kier molecular flexibility index (Phi) is 4.22. The number of amides is 1. The van der Waals surface area contributed by atoms with Crippen LogP contribution in [-0.4, -0.2) is 34.4 Å². The van der Waals surface area contributed by atoms with Gasteiger partial charge in [0, 0.05) is 12.1 Å². The Labute approximate surface area is 116 Å². The van der Waals surface area contributed by atoms with Crippen molar-refractivity contribution in [2.24, 2.45) is 10.9 Å². The fourth-order valence-corrected chi connectivity index (χ4v) is 2.49. The van der Waals surface area contributed by atoms with Gasteiger partial charge in [-0.3, -0.25) is 4.79 Å². The van der Waals surface area contributed by atoms with Crippen LogP contribution in [0.4, 0.5) is 4.39 Å². The number of carbonyl (C=O) groups excluding carboxylic acids is 1. The van der Waals surface area contributed by atoms with E-state index in [1.165, 1.54) is 18.2 Å². The van der Waals surface area contributed by atoms with Crippen molar-refractivity contribution >= 4 is 11.7 Å². The Morgan fingerprint density at radius 3 is 2.90 bits per heavy atom. The molecule has 1 saturated heterocycles. The van der Waals surface area contributed by atoms with Crippen LogP contribution in [0.15, 0.2) is 23.4 Å². The molecule has 1 atom stereocenters. The maximum Gasteiger partial charge on any atom is 0.254 e. The molecule has 2 rings (SSSR count). The van der Waals surface area contributed by atoms with Crippen LogP contribution < -0.4 is 5.73 Å². The Bertz CT molecular complexity index is 545. The molecule has 0 bridgehead atoms. The number of piperidine rings is 1. The minimum absolute atomic E-state index is 0.0388. The molecule has 3 N–H and O–H groups in total. The van der Waals surface area contributed by atoms with Gasteiger partial charge in [-0.2, -0.15) is 0 Å². The molecular formula is C14H18FN3O2. The lowest BCUT2D eigenvalue weighted by Crippen LogP contribution is -2.50. The fourth-order valence-electron chi connectivity index (χ4n) is 2.49. The van der Waals surface area contributed by atoms with Crippen molar-refractivity contribution in [3.8, 4) is 0 Å². The molecule has 0 saturated carbocycles. The van der Waals surface area contributed by atoms with Crippen LogP contribution in [0.3, 0.4) is 0 Å². The normalized spacial score (nSPS) is 20.0. The second kappa shape index (κ2) is 5.90. The maximum atomic E-state index is 13.3. The summed E-state index contributed by atoms with van der Waals surface area (Å²) in [4.78, 5) is 14.1. The first-order valence-electron chi connectivity index (χ1n) is 6.59. The van der Waals surface area contributed by atoms with Crippen molar-refractivity contribution in [1.29, 1.82) is 0 Å². The van der Waals surface area contributed by atoms with Crippen LogP contribution in [-0.2, 0) is 0 Å². The highest BCUT2D eigenvalue weighted by atomic mass is 19.1. The molecule has 1 aromatic carbocycles.